The van der Waals surface area contributed by atoms with Gasteiger partial charge in [0.25, 0.3) is 10.0 Å². The van der Waals surface area contributed by atoms with Crippen LogP contribution in [-0.2, 0) is 27.7 Å². The van der Waals surface area contributed by atoms with Crippen LogP contribution < -0.4 is 21.9 Å². The quantitative estimate of drug-likeness (QED) is 0.169. The summed E-state index contributed by atoms with van der Waals surface area (Å²) in [4.78, 5) is 19.2. The number of ether oxygens (including phenoxy) is 1. The van der Waals surface area contributed by atoms with Crippen molar-refractivity contribution in [3.63, 3.8) is 0 Å². The van der Waals surface area contributed by atoms with E-state index in [-0.39, 0.29) is 40.6 Å². The minimum atomic E-state index is -4.45. The van der Waals surface area contributed by atoms with Crippen molar-refractivity contribution in [1.82, 2.24) is 9.45 Å². The summed E-state index contributed by atoms with van der Waals surface area (Å²) in [6, 6.07) is 6.97. The van der Waals surface area contributed by atoms with Gasteiger partial charge in [-0.2, -0.15) is 0 Å². The topological polar surface area (TPSA) is 187 Å². The number of hydroxylamine groups is 1. The predicted molar refractivity (Wildman–Crippen MR) is 121 cm³/mol. The van der Waals surface area contributed by atoms with Gasteiger partial charge in [-0.3, -0.25) is 15.0 Å². The number of fused-ring (bicyclic) bond motifs is 1. The highest BCUT2D eigenvalue weighted by atomic mass is 32.2. The molecule has 1 atom stereocenters. The summed E-state index contributed by atoms with van der Waals surface area (Å²) in [6.45, 7) is 0.149. The lowest BCUT2D eigenvalue weighted by molar-refractivity contribution is -0.131. The number of amides is 1. The van der Waals surface area contributed by atoms with E-state index in [1.807, 2.05) is 18.2 Å². The van der Waals surface area contributed by atoms with Crippen molar-refractivity contribution in [1.29, 1.82) is 0 Å². The second-order valence-electron chi connectivity index (χ2n) is 7.72. The second kappa shape index (κ2) is 10.6. The lowest BCUT2D eigenvalue weighted by atomic mass is 9.92. The summed E-state index contributed by atoms with van der Waals surface area (Å²) in [5.41, 5.74) is 18.3. The molecule has 0 saturated heterocycles. The molecular formula is C21H28N6O5S. The summed E-state index contributed by atoms with van der Waals surface area (Å²) in [6.07, 6.45) is 5.57. The zero-order valence-electron chi connectivity index (χ0n) is 18.1. The van der Waals surface area contributed by atoms with Crippen LogP contribution in [0.25, 0.3) is 0 Å². The molecule has 3 rings (SSSR count). The number of hydrogen-bond donors (Lipinski definition) is 4. The van der Waals surface area contributed by atoms with Crippen LogP contribution in [0.3, 0.4) is 0 Å². The fourth-order valence-electron chi connectivity index (χ4n) is 3.60. The number of sulfonamides is 1. The van der Waals surface area contributed by atoms with Gasteiger partial charge in [0.05, 0.1) is 6.20 Å². The lowest BCUT2D eigenvalue weighted by Gasteiger charge is -2.22. The third-order valence-corrected chi connectivity index (χ3v) is 6.91. The predicted octanol–water partition coefficient (Wildman–Crippen LogP) is 1.04. The molecule has 0 radical (unpaired) electrons. The number of carbonyl (C=O) groups is 1. The van der Waals surface area contributed by atoms with E-state index in [1.165, 1.54) is 29.7 Å². The second-order valence-corrected chi connectivity index (χ2v) is 9.51. The van der Waals surface area contributed by atoms with E-state index < -0.39 is 22.0 Å². The number of aryl methyl sites for hydroxylation is 2. The van der Waals surface area contributed by atoms with Crippen molar-refractivity contribution in [3.8, 4) is 11.6 Å². The number of aliphatic imine (C=N–C) groups is 1. The average molecular weight is 477 g/mol. The number of nitrogens with two attached hydrogens (primary N) is 3. The number of nitrogens with zero attached hydrogens (tertiary/aromatic N) is 3. The summed E-state index contributed by atoms with van der Waals surface area (Å²) < 4.78 is 31.2. The van der Waals surface area contributed by atoms with Gasteiger partial charge < -0.3 is 21.9 Å². The molecule has 12 heteroatoms. The molecule has 1 aromatic heterocycles. The Kier molecular flexibility index (Phi) is 7.84. The van der Waals surface area contributed by atoms with Gasteiger partial charge in [-0.05, 0) is 67.9 Å². The Morgan fingerprint density at radius 1 is 1.15 bits per heavy atom. The van der Waals surface area contributed by atoms with Gasteiger partial charge in [0, 0.05) is 12.6 Å². The molecule has 1 aromatic carbocycles. The highest BCUT2D eigenvalue weighted by molar-refractivity contribution is 7.89. The van der Waals surface area contributed by atoms with E-state index in [0.717, 1.165) is 25.5 Å². The number of primary amides is 1. The van der Waals surface area contributed by atoms with Crippen molar-refractivity contribution in [2.24, 2.45) is 22.2 Å². The van der Waals surface area contributed by atoms with E-state index >= 15 is 0 Å². The van der Waals surface area contributed by atoms with Crippen LogP contribution in [0, 0.1) is 0 Å². The number of aromatic nitrogens is 1. The Morgan fingerprint density at radius 2 is 1.88 bits per heavy atom. The number of rotatable bonds is 10. The highest BCUT2D eigenvalue weighted by Gasteiger charge is 2.34. The first-order valence-electron chi connectivity index (χ1n) is 10.5. The Labute approximate surface area is 192 Å². The van der Waals surface area contributed by atoms with Crippen LogP contribution >= 0.6 is 0 Å². The van der Waals surface area contributed by atoms with E-state index in [2.05, 4.69) is 9.98 Å². The summed E-state index contributed by atoms with van der Waals surface area (Å²) in [5.74, 6) is -0.344. The normalized spacial score (nSPS) is 14.4. The molecule has 0 unspecified atom stereocenters. The standard InChI is InChI=1S/C21H28N6O5S/c22-20(28)18(6-3-11-25-21(23)24)27(29)33(30,31)17-9-10-19(26-13-17)32-16-8-7-14-4-1-2-5-15(14)12-16/h7-10,12-13,18,29H,1-6,11H2,(H2,22,28)(H4,23,24,25)/t18-/m1/s1. The van der Waals surface area contributed by atoms with Crippen molar-refractivity contribution >= 4 is 21.9 Å². The number of benzene rings is 1. The van der Waals surface area contributed by atoms with E-state index in [0.29, 0.717) is 5.75 Å². The monoisotopic (exact) mass is 476 g/mol. The van der Waals surface area contributed by atoms with Gasteiger partial charge in [0.15, 0.2) is 5.96 Å². The minimum absolute atomic E-state index is 0.0497. The van der Waals surface area contributed by atoms with Gasteiger partial charge in [-0.25, -0.2) is 13.4 Å². The fourth-order valence-corrected chi connectivity index (χ4v) is 4.79. The number of carbonyl (C=O) groups excluding carboxylic acids is 1. The third kappa shape index (κ3) is 6.18. The molecule has 178 valence electrons. The maximum Gasteiger partial charge on any atom is 0.267 e. The molecule has 0 spiro atoms. The summed E-state index contributed by atoms with van der Waals surface area (Å²) in [7, 11) is -4.45. The van der Waals surface area contributed by atoms with Gasteiger partial charge in [-0.15, -0.1) is 0 Å². The fraction of sp³-hybridized carbons (Fsp3) is 0.381. The molecule has 0 saturated carbocycles. The first kappa shape index (κ1) is 24.4. The lowest BCUT2D eigenvalue weighted by Crippen LogP contribution is -2.46. The Morgan fingerprint density at radius 3 is 2.52 bits per heavy atom. The highest BCUT2D eigenvalue weighted by Crippen LogP contribution is 2.28. The van der Waals surface area contributed by atoms with Gasteiger partial charge >= 0.3 is 0 Å². The van der Waals surface area contributed by atoms with Crippen molar-refractivity contribution < 1.29 is 23.2 Å². The van der Waals surface area contributed by atoms with Crippen LogP contribution in [0.15, 0.2) is 46.4 Å². The molecule has 2 aromatic rings. The van der Waals surface area contributed by atoms with E-state index in [9.17, 15) is 18.4 Å². The molecule has 33 heavy (non-hydrogen) atoms. The smallest absolute Gasteiger partial charge is 0.267 e. The third-order valence-electron chi connectivity index (χ3n) is 5.32. The zero-order chi connectivity index (χ0) is 24.0. The molecule has 7 N–H and O–H groups in total. The van der Waals surface area contributed by atoms with Crippen LogP contribution in [-0.4, -0.2) is 47.5 Å². The molecule has 1 heterocycles. The Bertz CT molecular complexity index is 1120. The van der Waals surface area contributed by atoms with Crippen LogP contribution in [0.5, 0.6) is 11.6 Å². The van der Waals surface area contributed by atoms with Crippen LogP contribution in [0.1, 0.15) is 36.8 Å². The molecule has 0 fully saturated rings. The maximum atomic E-state index is 12.8. The zero-order valence-corrected chi connectivity index (χ0v) is 18.9. The average Bonchev–Trinajstić information content (AvgIpc) is 2.78. The Balaban J connectivity index is 1.70. The number of guanidine groups is 1. The molecule has 0 aliphatic heterocycles. The van der Waals surface area contributed by atoms with Crippen molar-refractivity contribution in [2.45, 2.75) is 49.5 Å². The minimum Gasteiger partial charge on any atom is -0.439 e. The van der Waals surface area contributed by atoms with E-state index in [1.54, 1.807) is 0 Å². The largest absolute Gasteiger partial charge is 0.439 e. The summed E-state index contributed by atoms with van der Waals surface area (Å²) in [5, 5.41) is 10.3. The molecule has 0 bridgehead atoms. The molecule has 1 aliphatic carbocycles. The van der Waals surface area contributed by atoms with Crippen LogP contribution in [0.2, 0.25) is 0 Å². The van der Waals surface area contributed by atoms with Gasteiger partial charge in [-0.1, -0.05) is 10.5 Å². The molecule has 1 aliphatic rings. The first-order chi connectivity index (χ1) is 15.7. The number of pyridine rings is 1. The SMILES string of the molecule is NC(=O)[C@@H](CCCN=C(N)N)N(O)S(=O)(=O)c1ccc(Oc2ccc3c(c2)CCCC3)nc1. The first-order valence-corrected chi connectivity index (χ1v) is 12.0. The number of hydrogen-bond acceptors (Lipinski definition) is 7. The summed E-state index contributed by atoms with van der Waals surface area (Å²) >= 11 is 0. The molecular weight excluding hydrogens is 448 g/mol. The van der Waals surface area contributed by atoms with Crippen molar-refractivity contribution in [2.75, 3.05) is 6.54 Å². The molecule has 1 amide bonds. The van der Waals surface area contributed by atoms with Crippen molar-refractivity contribution in [3.05, 3.63) is 47.7 Å². The van der Waals surface area contributed by atoms with E-state index in [4.69, 9.17) is 21.9 Å². The van der Waals surface area contributed by atoms with Gasteiger partial charge in [0.2, 0.25) is 11.8 Å². The molecule has 11 nitrogen and oxygen atoms in total. The van der Waals surface area contributed by atoms with Crippen LogP contribution in [0.4, 0.5) is 0 Å². The Hall–Kier alpha value is -3.22. The maximum absolute atomic E-state index is 12.8. The van der Waals surface area contributed by atoms with Gasteiger partial charge in [0.1, 0.15) is 16.7 Å².